The van der Waals surface area contributed by atoms with Crippen molar-refractivity contribution in [3.05, 3.63) is 33.9 Å². The van der Waals surface area contributed by atoms with E-state index in [-0.39, 0.29) is 22.9 Å². The van der Waals surface area contributed by atoms with Gasteiger partial charge in [-0.2, -0.15) is 0 Å². The SMILES string of the molecule is COc1ccc(C(=O)N2CCNCC2(C)C)cc1[N+](=O)[O-]. The molecule has 1 aromatic rings. The molecule has 1 aliphatic heterocycles. The van der Waals surface area contributed by atoms with E-state index < -0.39 is 4.92 Å². The molecule has 1 heterocycles. The summed E-state index contributed by atoms with van der Waals surface area (Å²) in [6.07, 6.45) is 0. The molecule has 21 heavy (non-hydrogen) atoms. The van der Waals surface area contributed by atoms with E-state index in [0.29, 0.717) is 25.2 Å². The number of piperazine rings is 1. The minimum atomic E-state index is -0.543. The Morgan fingerprint density at radius 2 is 2.19 bits per heavy atom. The van der Waals surface area contributed by atoms with Crippen LogP contribution in [0, 0.1) is 10.1 Å². The molecule has 1 amide bonds. The van der Waals surface area contributed by atoms with Gasteiger partial charge in [0, 0.05) is 31.3 Å². The van der Waals surface area contributed by atoms with Crippen molar-refractivity contribution in [2.24, 2.45) is 0 Å². The first-order chi connectivity index (χ1) is 9.86. The molecule has 7 heteroatoms. The van der Waals surface area contributed by atoms with E-state index in [1.54, 1.807) is 11.0 Å². The second-order valence-electron chi connectivity index (χ2n) is 5.59. The van der Waals surface area contributed by atoms with Crippen molar-refractivity contribution in [3.63, 3.8) is 0 Å². The molecule has 0 radical (unpaired) electrons. The van der Waals surface area contributed by atoms with Gasteiger partial charge in [0.25, 0.3) is 5.91 Å². The maximum absolute atomic E-state index is 12.6. The monoisotopic (exact) mass is 293 g/mol. The summed E-state index contributed by atoms with van der Waals surface area (Å²) in [7, 11) is 1.36. The van der Waals surface area contributed by atoms with Gasteiger partial charge in [-0.05, 0) is 26.0 Å². The predicted octanol–water partition coefficient (Wildman–Crippen LogP) is 1.43. The number of hydrogen-bond donors (Lipinski definition) is 1. The highest BCUT2D eigenvalue weighted by Crippen LogP contribution is 2.29. The van der Waals surface area contributed by atoms with Crippen molar-refractivity contribution in [2.75, 3.05) is 26.7 Å². The largest absolute Gasteiger partial charge is 0.490 e. The number of hydrogen-bond acceptors (Lipinski definition) is 5. The average molecular weight is 293 g/mol. The number of nitrogens with zero attached hydrogens (tertiary/aromatic N) is 2. The van der Waals surface area contributed by atoms with Gasteiger partial charge >= 0.3 is 5.69 Å². The van der Waals surface area contributed by atoms with Crippen molar-refractivity contribution < 1.29 is 14.5 Å². The fourth-order valence-electron chi connectivity index (χ4n) is 2.48. The lowest BCUT2D eigenvalue weighted by molar-refractivity contribution is -0.385. The lowest BCUT2D eigenvalue weighted by Gasteiger charge is -2.42. The van der Waals surface area contributed by atoms with Crippen molar-refractivity contribution in [2.45, 2.75) is 19.4 Å². The maximum Gasteiger partial charge on any atom is 0.311 e. The van der Waals surface area contributed by atoms with Crippen molar-refractivity contribution >= 4 is 11.6 Å². The molecule has 1 aliphatic rings. The molecule has 7 nitrogen and oxygen atoms in total. The first-order valence-electron chi connectivity index (χ1n) is 6.72. The Hall–Kier alpha value is -2.15. The maximum atomic E-state index is 12.6. The van der Waals surface area contributed by atoms with Crippen LogP contribution < -0.4 is 10.1 Å². The topological polar surface area (TPSA) is 84.7 Å². The average Bonchev–Trinajstić information content (AvgIpc) is 2.45. The predicted molar refractivity (Wildman–Crippen MR) is 77.6 cm³/mol. The standard InChI is InChI=1S/C14H19N3O4/c1-14(2)9-15-6-7-16(14)13(18)10-4-5-12(21-3)11(8-10)17(19)20/h4-5,8,15H,6-7,9H2,1-3H3. The Morgan fingerprint density at radius 3 is 2.76 bits per heavy atom. The van der Waals surface area contributed by atoms with Gasteiger partial charge in [-0.1, -0.05) is 0 Å². The molecular weight excluding hydrogens is 274 g/mol. The zero-order valence-corrected chi connectivity index (χ0v) is 12.4. The van der Waals surface area contributed by atoms with Gasteiger partial charge in [0.1, 0.15) is 0 Å². The zero-order valence-electron chi connectivity index (χ0n) is 12.4. The number of carbonyl (C=O) groups excluding carboxylic acids is 1. The first kappa shape index (κ1) is 15.2. The Bertz CT molecular complexity index is 571. The van der Waals surface area contributed by atoms with E-state index in [9.17, 15) is 14.9 Å². The van der Waals surface area contributed by atoms with Crippen LogP contribution in [0.5, 0.6) is 5.75 Å². The zero-order chi connectivity index (χ0) is 15.6. The molecule has 0 saturated carbocycles. The Kier molecular flexibility index (Phi) is 4.13. The third-order valence-corrected chi connectivity index (χ3v) is 3.67. The molecule has 2 rings (SSSR count). The minimum absolute atomic E-state index is 0.149. The highest BCUT2D eigenvalue weighted by Gasteiger charge is 2.34. The quantitative estimate of drug-likeness (QED) is 0.673. The van der Waals surface area contributed by atoms with Crippen LogP contribution in [-0.4, -0.2) is 48.0 Å². The van der Waals surface area contributed by atoms with Crippen LogP contribution in [0.3, 0.4) is 0 Å². The summed E-state index contributed by atoms with van der Waals surface area (Å²) >= 11 is 0. The lowest BCUT2D eigenvalue weighted by Crippen LogP contribution is -2.59. The fraction of sp³-hybridized carbons (Fsp3) is 0.500. The van der Waals surface area contributed by atoms with Gasteiger partial charge in [0.15, 0.2) is 5.75 Å². The van der Waals surface area contributed by atoms with Gasteiger partial charge in [-0.25, -0.2) is 0 Å². The molecule has 0 spiro atoms. The van der Waals surface area contributed by atoms with Crippen LogP contribution in [-0.2, 0) is 0 Å². The summed E-state index contributed by atoms with van der Waals surface area (Å²) in [5.41, 5.74) is -0.224. The molecule has 0 atom stereocenters. The van der Waals surface area contributed by atoms with Crippen molar-refractivity contribution in [1.82, 2.24) is 10.2 Å². The smallest absolute Gasteiger partial charge is 0.311 e. The molecule has 1 saturated heterocycles. The van der Waals surface area contributed by atoms with Crippen LogP contribution in [0.2, 0.25) is 0 Å². The van der Waals surface area contributed by atoms with Crippen LogP contribution in [0.4, 0.5) is 5.69 Å². The van der Waals surface area contributed by atoms with E-state index in [1.807, 2.05) is 13.8 Å². The van der Waals surface area contributed by atoms with Gasteiger partial charge in [0.2, 0.25) is 0 Å². The molecule has 0 aromatic heterocycles. The Labute approximate surface area is 123 Å². The number of benzene rings is 1. The van der Waals surface area contributed by atoms with Crippen molar-refractivity contribution in [1.29, 1.82) is 0 Å². The van der Waals surface area contributed by atoms with Gasteiger partial charge < -0.3 is 15.0 Å². The normalized spacial score (nSPS) is 17.4. The highest BCUT2D eigenvalue weighted by atomic mass is 16.6. The molecule has 1 fully saturated rings. The number of ether oxygens (including phenoxy) is 1. The lowest BCUT2D eigenvalue weighted by atomic mass is 9.98. The summed E-state index contributed by atoms with van der Waals surface area (Å²) in [6.45, 7) is 5.92. The Morgan fingerprint density at radius 1 is 1.48 bits per heavy atom. The van der Waals surface area contributed by atoms with E-state index in [0.717, 1.165) is 0 Å². The molecule has 0 bridgehead atoms. The first-order valence-corrected chi connectivity index (χ1v) is 6.72. The van der Waals surface area contributed by atoms with E-state index in [2.05, 4.69) is 5.32 Å². The number of methoxy groups -OCH3 is 1. The van der Waals surface area contributed by atoms with Crippen LogP contribution in [0.15, 0.2) is 18.2 Å². The van der Waals surface area contributed by atoms with Crippen molar-refractivity contribution in [3.8, 4) is 5.75 Å². The van der Waals surface area contributed by atoms with E-state index >= 15 is 0 Å². The van der Waals surface area contributed by atoms with E-state index in [4.69, 9.17) is 4.74 Å². The second kappa shape index (κ2) is 5.69. The summed E-state index contributed by atoms with van der Waals surface area (Å²) in [6, 6.07) is 4.30. The number of nitrogens with one attached hydrogen (secondary N) is 1. The summed E-state index contributed by atoms with van der Waals surface area (Å²) in [5, 5.41) is 14.3. The summed E-state index contributed by atoms with van der Waals surface area (Å²) < 4.78 is 4.95. The number of amides is 1. The van der Waals surface area contributed by atoms with E-state index in [1.165, 1.54) is 19.2 Å². The van der Waals surface area contributed by atoms with Crippen LogP contribution in [0.25, 0.3) is 0 Å². The van der Waals surface area contributed by atoms with Crippen LogP contribution in [0.1, 0.15) is 24.2 Å². The minimum Gasteiger partial charge on any atom is -0.490 e. The van der Waals surface area contributed by atoms with Crippen LogP contribution >= 0.6 is 0 Å². The third kappa shape index (κ3) is 2.97. The molecule has 1 aromatic carbocycles. The number of carbonyl (C=O) groups is 1. The molecule has 114 valence electrons. The fourth-order valence-corrected chi connectivity index (χ4v) is 2.48. The van der Waals surface area contributed by atoms with Gasteiger partial charge in [-0.3, -0.25) is 14.9 Å². The number of nitro groups is 1. The molecular formula is C14H19N3O4. The Balaban J connectivity index is 2.35. The van der Waals surface area contributed by atoms with Gasteiger partial charge in [0.05, 0.1) is 17.6 Å². The summed E-state index contributed by atoms with van der Waals surface area (Å²) in [5.74, 6) is -0.0524. The number of rotatable bonds is 3. The molecule has 0 unspecified atom stereocenters. The second-order valence-corrected chi connectivity index (χ2v) is 5.59. The highest BCUT2D eigenvalue weighted by molar-refractivity contribution is 5.95. The molecule has 0 aliphatic carbocycles. The third-order valence-electron chi connectivity index (χ3n) is 3.67. The number of nitro benzene ring substituents is 1. The van der Waals surface area contributed by atoms with Gasteiger partial charge in [-0.15, -0.1) is 0 Å². The molecule has 1 N–H and O–H groups in total. The summed E-state index contributed by atoms with van der Waals surface area (Å²) in [4.78, 5) is 24.9.